The van der Waals surface area contributed by atoms with Crippen molar-refractivity contribution >= 4 is 21.8 Å². The van der Waals surface area contributed by atoms with Crippen LogP contribution in [0, 0.1) is 0 Å². The summed E-state index contributed by atoms with van der Waals surface area (Å²) in [4.78, 5) is 22.1. The van der Waals surface area contributed by atoms with Gasteiger partial charge in [-0.3, -0.25) is 4.79 Å². The van der Waals surface area contributed by atoms with E-state index in [1.807, 2.05) is 5.32 Å². The molecule has 124 valence electrons. The quantitative estimate of drug-likeness (QED) is 0.735. The Hall–Kier alpha value is -1.52. The van der Waals surface area contributed by atoms with Crippen LogP contribution in [0.3, 0.4) is 0 Å². The molecule has 2 N–H and O–H groups in total. The lowest BCUT2D eigenvalue weighted by atomic mass is 10.2. The van der Waals surface area contributed by atoms with Crippen LogP contribution in [0.2, 0.25) is 0 Å². The first-order valence-corrected chi connectivity index (χ1v) is 7.56. The van der Waals surface area contributed by atoms with Gasteiger partial charge in [0.1, 0.15) is 13.1 Å². The van der Waals surface area contributed by atoms with Crippen LogP contribution >= 0.6 is 0 Å². The van der Waals surface area contributed by atoms with Gasteiger partial charge in [-0.2, -0.15) is 13.2 Å². The second kappa shape index (κ2) is 6.50. The minimum atomic E-state index is -4.76. The predicted octanol–water partition coefficient (Wildman–Crippen LogP) is 0.468. The first kappa shape index (κ1) is 19.5. The van der Waals surface area contributed by atoms with Gasteiger partial charge in [-0.05, 0) is 13.8 Å². The molecule has 11 heteroatoms. The number of halogens is 3. The number of aliphatic carboxylic acids is 1. The number of urea groups is 1. The molecule has 0 radical (unpaired) electrons. The molecule has 0 heterocycles. The van der Waals surface area contributed by atoms with Gasteiger partial charge in [0.05, 0.1) is 4.75 Å². The van der Waals surface area contributed by atoms with Gasteiger partial charge in [-0.1, -0.05) is 0 Å². The third-order valence-corrected chi connectivity index (χ3v) is 4.80. The fourth-order valence-corrected chi connectivity index (χ4v) is 1.44. The Morgan fingerprint density at radius 2 is 1.71 bits per heavy atom. The summed E-state index contributed by atoms with van der Waals surface area (Å²) in [6.07, 6.45) is -3.84. The number of rotatable bonds is 6. The van der Waals surface area contributed by atoms with Gasteiger partial charge < -0.3 is 15.3 Å². The minimum Gasteiger partial charge on any atom is -0.480 e. The molecule has 0 aliphatic carbocycles. The van der Waals surface area contributed by atoms with Gasteiger partial charge in [0.25, 0.3) is 0 Å². The zero-order valence-electron chi connectivity index (χ0n) is 11.7. The summed E-state index contributed by atoms with van der Waals surface area (Å²) in [5.41, 5.74) is 0. The average molecular weight is 334 g/mol. The molecule has 0 saturated carbocycles. The lowest BCUT2D eigenvalue weighted by Gasteiger charge is -2.26. The van der Waals surface area contributed by atoms with E-state index in [0.29, 0.717) is 0 Å². The molecule has 21 heavy (non-hydrogen) atoms. The highest BCUT2D eigenvalue weighted by Gasteiger charge is 2.35. The first-order valence-electron chi connectivity index (χ1n) is 5.66. The van der Waals surface area contributed by atoms with Crippen LogP contribution in [0.4, 0.5) is 18.0 Å². The molecule has 7 nitrogen and oxygen atoms in total. The molecule has 0 aliphatic rings. The number of amides is 2. The molecule has 0 aliphatic heterocycles. The van der Waals surface area contributed by atoms with Gasteiger partial charge in [0.2, 0.25) is 0 Å². The fraction of sp³-hybridized carbons (Fsp3) is 0.800. The zero-order valence-corrected chi connectivity index (χ0v) is 12.5. The second-order valence-electron chi connectivity index (χ2n) is 5.06. The molecular formula is C10H17F3N2O5S. The maximum atomic E-state index is 12.3. The van der Waals surface area contributed by atoms with Crippen LogP contribution in [0.5, 0.6) is 0 Å². The highest BCUT2D eigenvalue weighted by molar-refractivity contribution is 7.92. The SMILES string of the molecule is CC(C)(CNC(=O)N(CC(=O)O)CC(F)(F)F)S(C)(=O)=O. The number of carboxylic acids is 1. The number of carbonyl (C=O) groups is 2. The van der Waals surface area contributed by atoms with Gasteiger partial charge in [-0.25, -0.2) is 13.2 Å². The van der Waals surface area contributed by atoms with Crippen molar-refractivity contribution in [3.8, 4) is 0 Å². The molecule has 2 amide bonds. The van der Waals surface area contributed by atoms with E-state index in [9.17, 15) is 31.2 Å². The van der Waals surface area contributed by atoms with Gasteiger partial charge in [0, 0.05) is 12.8 Å². The third kappa shape index (κ3) is 7.16. The van der Waals surface area contributed by atoms with Crippen molar-refractivity contribution in [1.82, 2.24) is 10.2 Å². The molecule has 0 spiro atoms. The number of carbonyl (C=O) groups excluding carboxylic acids is 1. The first-order chi connectivity index (χ1) is 9.16. The molecular weight excluding hydrogens is 317 g/mol. The summed E-state index contributed by atoms with van der Waals surface area (Å²) in [6, 6.07) is -1.30. The van der Waals surface area contributed by atoms with Crippen molar-refractivity contribution in [2.24, 2.45) is 0 Å². The molecule has 0 saturated heterocycles. The summed E-state index contributed by atoms with van der Waals surface area (Å²) in [7, 11) is -3.55. The van der Waals surface area contributed by atoms with E-state index in [1.165, 1.54) is 13.8 Å². The van der Waals surface area contributed by atoms with Crippen LogP contribution in [-0.4, -0.2) is 67.2 Å². The van der Waals surface area contributed by atoms with Crippen molar-refractivity contribution < 1.29 is 36.3 Å². The minimum absolute atomic E-state index is 0.0424. The summed E-state index contributed by atoms with van der Waals surface area (Å²) >= 11 is 0. The monoisotopic (exact) mass is 334 g/mol. The van der Waals surface area contributed by atoms with E-state index < -0.39 is 52.4 Å². The molecule has 0 unspecified atom stereocenters. The molecule has 0 bridgehead atoms. The highest BCUT2D eigenvalue weighted by atomic mass is 32.2. The number of hydrogen-bond acceptors (Lipinski definition) is 4. The summed E-state index contributed by atoms with van der Waals surface area (Å²) in [5.74, 6) is -1.61. The number of carboxylic acid groups (broad SMARTS) is 1. The van der Waals surface area contributed by atoms with Crippen molar-refractivity contribution in [1.29, 1.82) is 0 Å². The molecule has 0 aromatic heterocycles. The number of alkyl halides is 3. The van der Waals surface area contributed by atoms with Crippen LogP contribution in [0.25, 0.3) is 0 Å². The van der Waals surface area contributed by atoms with E-state index in [2.05, 4.69) is 0 Å². The van der Waals surface area contributed by atoms with Crippen LogP contribution in [0.1, 0.15) is 13.8 Å². The number of nitrogens with zero attached hydrogens (tertiary/aromatic N) is 1. The van der Waals surface area contributed by atoms with Crippen LogP contribution in [-0.2, 0) is 14.6 Å². The smallest absolute Gasteiger partial charge is 0.406 e. The van der Waals surface area contributed by atoms with Gasteiger partial charge in [-0.15, -0.1) is 0 Å². The third-order valence-electron chi connectivity index (χ3n) is 2.65. The number of hydrogen-bond donors (Lipinski definition) is 2. The van der Waals surface area contributed by atoms with Gasteiger partial charge in [0.15, 0.2) is 9.84 Å². The lowest BCUT2D eigenvalue weighted by Crippen LogP contribution is -2.51. The summed E-state index contributed by atoms with van der Waals surface area (Å²) < 4.78 is 58.2. The molecule has 0 fully saturated rings. The van der Waals surface area contributed by atoms with E-state index in [1.54, 1.807) is 0 Å². The maximum absolute atomic E-state index is 12.3. The van der Waals surface area contributed by atoms with Gasteiger partial charge >= 0.3 is 18.2 Å². The van der Waals surface area contributed by atoms with Crippen molar-refractivity contribution in [3.63, 3.8) is 0 Å². The normalized spacial score (nSPS) is 12.9. The standard InChI is InChI=1S/C10H17F3N2O5S/c1-9(2,21(3,19)20)5-14-8(18)15(4-7(16)17)6-10(11,12)13/h4-6H2,1-3H3,(H,14,18)(H,16,17). The topological polar surface area (TPSA) is 104 Å². The summed E-state index contributed by atoms with van der Waals surface area (Å²) in [5, 5.41) is 10.5. The molecule has 0 aromatic rings. The molecule has 0 rings (SSSR count). The van der Waals surface area contributed by atoms with Crippen LogP contribution in [0.15, 0.2) is 0 Å². The Morgan fingerprint density at radius 1 is 1.24 bits per heavy atom. The Kier molecular flexibility index (Phi) is 6.03. The van der Waals surface area contributed by atoms with E-state index in [0.717, 1.165) is 6.26 Å². The number of sulfone groups is 1. The summed E-state index contributed by atoms with van der Waals surface area (Å²) in [6.45, 7) is -0.768. The maximum Gasteiger partial charge on any atom is 0.406 e. The Labute approximate surface area is 120 Å². The van der Waals surface area contributed by atoms with Crippen molar-refractivity contribution in [2.45, 2.75) is 24.8 Å². The predicted molar refractivity (Wildman–Crippen MR) is 67.6 cm³/mol. The van der Waals surface area contributed by atoms with E-state index in [-0.39, 0.29) is 4.90 Å². The highest BCUT2D eigenvalue weighted by Crippen LogP contribution is 2.17. The van der Waals surface area contributed by atoms with Crippen LogP contribution < -0.4 is 5.32 Å². The number of nitrogens with one attached hydrogen (secondary N) is 1. The molecule has 0 atom stereocenters. The van der Waals surface area contributed by atoms with Crippen molar-refractivity contribution in [3.05, 3.63) is 0 Å². The van der Waals surface area contributed by atoms with Crippen molar-refractivity contribution in [2.75, 3.05) is 25.9 Å². The zero-order chi connectivity index (χ0) is 17.1. The fourth-order valence-electron chi connectivity index (χ4n) is 1.11. The second-order valence-corrected chi connectivity index (χ2v) is 7.71. The average Bonchev–Trinajstić information content (AvgIpc) is 2.20. The Balaban J connectivity index is 4.88. The Bertz CT molecular complexity index is 501. The lowest BCUT2D eigenvalue weighted by molar-refractivity contribution is -0.148. The largest absolute Gasteiger partial charge is 0.480 e. The van der Waals surface area contributed by atoms with E-state index >= 15 is 0 Å². The van der Waals surface area contributed by atoms with E-state index in [4.69, 9.17) is 5.11 Å². The molecule has 0 aromatic carbocycles. The Morgan fingerprint density at radius 3 is 2.05 bits per heavy atom.